The van der Waals surface area contributed by atoms with Crippen molar-refractivity contribution in [3.63, 3.8) is 0 Å². The third-order valence-corrected chi connectivity index (χ3v) is 6.55. The lowest BCUT2D eigenvalue weighted by atomic mass is 9.97. The van der Waals surface area contributed by atoms with E-state index in [0.29, 0.717) is 24.3 Å². The van der Waals surface area contributed by atoms with Gasteiger partial charge in [-0.2, -0.15) is 0 Å². The van der Waals surface area contributed by atoms with E-state index in [-0.39, 0.29) is 24.1 Å². The van der Waals surface area contributed by atoms with Gasteiger partial charge < -0.3 is 18.9 Å². The number of fused-ring (bicyclic) bond motifs is 2. The normalized spacial score (nSPS) is 13.1. The number of ether oxygens (including phenoxy) is 4. The van der Waals surface area contributed by atoms with Crippen molar-refractivity contribution in [2.45, 2.75) is 111 Å². The van der Waals surface area contributed by atoms with Crippen LogP contribution < -0.4 is 9.47 Å². The molecular formula is C33H44O6. The quantitative estimate of drug-likeness (QED) is 0.118. The van der Waals surface area contributed by atoms with Gasteiger partial charge in [0.1, 0.15) is 11.5 Å². The molecule has 212 valence electrons. The monoisotopic (exact) mass is 536 g/mol. The fraction of sp³-hybridized carbons (Fsp3) is 0.515. The van der Waals surface area contributed by atoms with Gasteiger partial charge in [-0.3, -0.25) is 0 Å². The number of benzene rings is 3. The van der Waals surface area contributed by atoms with E-state index < -0.39 is 12.2 Å². The average Bonchev–Trinajstić information content (AvgIpc) is 2.89. The summed E-state index contributed by atoms with van der Waals surface area (Å²) in [4.78, 5) is 25.7. The van der Waals surface area contributed by atoms with Crippen LogP contribution in [-0.2, 0) is 25.5 Å². The Kier molecular flexibility index (Phi) is 11.0. The van der Waals surface area contributed by atoms with E-state index >= 15 is 0 Å². The fourth-order valence-corrected chi connectivity index (χ4v) is 4.63. The van der Waals surface area contributed by atoms with Crippen LogP contribution in [0.3, 0.4) is 0 Å². The van der Waals surface area contributed by atoms with Gasteiger partial charge in [0, 0.05) is 21.5 Å². The van der Waals surface area contributed by atoms with E-state index in [9.17, 15) is 9.59 Å². The highest BCUT2D eigenvalue weighted by molar-refractivity contribution is 6.11. The molecule has 0 aliphatic rings. The van der Waals surface area contributed by atoms with E-state index in [1.165, 1.54) is 5.56 Å². The first-order valence-corrected chi connectivity index (χ1v) is 14.4. The SMILES string of the molecule is CCCCCc1ccc2c(OC(CC)C(=O)OC(C)C)c3ccccc3c(OC(CC)C(=O)OC(C)C)c2c1. The molecule has 0 radical (unpaired) electrons. The maximum Gasteiger partial charge on any atom is 0.347 e. The minimum Gasteiger partial charge on any atom is -0.477 e. The van der Waals surface area contributed by atoms with E-state index in [0.717, 1.165) is 47.2 Å². The number of carbonyl (C=O) groups is 2. The molecule has 0 saturated carbocycles. The van der Waals surface area contributed by atoms with Gasteiger partial charge in [0.25, 0.3) is 0 Å². The summed E-state index contributed by atoms with van der Waals surface area (Å²) in [6.45, 7) is 13.3. The summed E-state index contributed by atoms with van der Waals surface area (Å²) < 4.78 is 23.9. The number of unbranched alkanes of at least 4 members (excludes halogenated alkanes) is 2. The highest BCUT2D eigenvalue weighted by Crippen LogP contribution is 2.44. The molecule has 3 aromatic rings. The number of aryl methyl sites for hydroxylation is 1. The Morgan fingerprint density at radius 1 is 0.667 bits per heavy atom. The fourth-order valence-electron chi connectivity index (χ4n) is 4.63. The predicted molar refractivity (Wildman–Crippen MR) is 157 cm³/mol. The lowest BCUT2D eigenvalue weighted by Crippen LogP contribution is -2.31. The number of rotatable bonds is 14. The topological polar surface area (TPSA) is 71.1 Å². The molecule has 0 saturated heterocycles. The summed E-state index contributed by atoms with van der Waals surface area (Å²) >= 11 is 0. The van der Waals surface area contributed by atoms with Crippen molar-refractivity contribution in [1.82, 2.24) is 0 Å². The number of hydrogen-bond acceptors (Lipinski definition) is 6. The largest absolute Gasteiger partial charge is 0.477 e. The zero-order chi connectivity index (χ0) is 28.5. The predicted octanol–water partition coefficient (Wildman–Crippen LogP) is 7.94. The van der Waals surface area contributed by atoms with Gasteiger partial charge in [-0.15, -0.1) is 0 Å². The summed E-state index contributed by atoms with van der Waals surface area (Å²) in [5.74, 6) is 0.462. The van der Waals surface area contributed by atoms with Crippen LogP contribution in [0, 0.1) is 0 Å². The van der Waals surface area contributed by atoms with Gasteiger partial charge >= 0.3 is 11.9 Å². The second-order valence-electron chi connectivity index (χ2n) is 10.5. The first-order valence-electron chi connectivity index (χ1n) is 14.4. The maximum absolute atomic E-state index is 12.9. The zero-order valence-electron chi connectivity index (χ0n) is 24.5. The Labute approximate surface area is 233 Å². The van der Waals surface area contributed by atoms with Crippen molar-refractivity contribution in [2.24, 2.45) is 0 Å². The van der Waals surface area contributed by atoms with Gasteiger partial charge in [0.15, 0.2) is 12.2 Å². The molecule has 0 aromatic heterocycles. The summed E-state index contributed by atoms with van der Waals surface area (Å²) in [6, 6.07) is 14.1. The highest BCUT2D eigenvalue weighted by atomic mass is 16.6. The smallest absolute Gasteiger partial charge is 0.347 e. The van der Waals surface area contributed by atoms with Crippen molar-refractivity contribution in [3.8, 4) is 11.5 Å². The standard InChI is InChI=1S/C33H44O6/c1-8-11-12-15-23-18-19-26-27(20-23)31(39-29(10-3)33(35)37-22(6)7)25-17-14-13-16-24(25)30(26)38-28(9-2)32(34)36-21(4)5/h13-14,16-22,28-29H,8-12,15H2,1-7H3. The molecule has 3 aromatic carbocycles. The molecule has 3 rings (SSSR count). The van der Waals surface area contributed by atoms with Crippen LogP contribution in [0.4, 0.5) is 0 Å². The van der Waals surface area contributed by atoms with Crippen LogP contribution in [0.5, 0.6) is 11.5 Å². The van der Waals surface area contributed by atoms with E-state index in [1.807, 2.05) is 71.9 Å². The Bertz CT molecular complexity index is 1260. The van der Waals surface area contributed by atoms with Crippen LogP contribution in [-0.4, -0.2) is 36.4 Å². The second kappa shape index (κ2) is 14.2. The Balaban J connectivity index is 2.22. The third kappa shape index (κ3) is 7.65. The summed E-state index contributed by atoms with van der Waals surface area (Å²) in [5, 5.41) is 3.29. The van der Waals surface area contributed by atoms with Gasteiger partial charge in [-0.25, -0.2) is 9.59 Å². The molecule has 39 heavy (non-hydrogen) atoms. The molecule has 0 aliphatic heterocycles. The van der Waals surface area contributed by atoms with Gasteiger partial charge in [-0.05, 0) is 65.0 Å². The van der Waals surface area contributed by atoms with E-state index in [1.54, 1.807) is 0 Å². The molecule has 6 heteroatoms. The minimum atomic E-state index is -0.751. The van der Waals surface area contributed by atoms with Crippen LogP contribution in [0.15, 0.2) is 42.5 Å². The Hall–Kier alpha value is -3.28. The zero-order valence-corrected chi connectivity index (χ0v) is 24.5. The molecule has 6 nitrogen and oxygen atoms in total. The summed E-state index contributed by atoms with van der Waals surface area (Å²) in [5.41, 5.74) is 1.19. The van der Waals surface area contributed by atoms with Crippen LogP contribution >= 0.6 is 0 Å². The summed E-state index contributed by atoms with van der Waals surface area (Å²) in [6.07, 6.45) is 3.29. The van der Waals surface area contributed by atoms with Crippen molar-refractivity contribution >= 4 is 33.5 Å². The lowest BCUT2D eigenvalue weighted by molar-refractivity contribution is -0.156. The van der Waals surface area contributed by atoms with Crippen LogP contribution in [0.1, 0.15) is 86.1 Å². The highest BCUT2D eigenvalue weighted by Gasteiger charge is 2.27. The van der Waals surface area contributed by atoms with Gasteiger partial charge in [-0.1, -0.05) is 70.0 Å². The molecule has 0 fully saturated rings. The Morgan fingerprint density at radius 3 is 1.62 bits per heavy atom. The van der Waals surface area contributed by atoms with Crippen LogP contribution in [0.2, 0.25) is 0 Å². The number of esters is 2. The molecule has 0 amide bonds. The molecule has 0 bridgehead atoms. The molecule has 0 aliphatic carbocycles. The second-order valence-corrected chi connectivity index (χ2v) is 10.5. The first kappa shape index (κ1) is 30.3. The van der Waals surface area contributed by atoms with E-state index in [4.69, 9.17) is 18.9 Å². The van der Waals surface area contributed by atoms with Crippen molar-refractivity contribution in [1.29, 1.82) is 0 Å². The number of carbonyl (C=O) groups excluding carboxylic acids is 2. The molecule has 0 heterocycles. The Morgan fingerprint density at radius 2 is 1.15 bits per heavy atom. The van der Waals surface area contributed by atoms with Crippen molar-refractivity contribution in [3.05, 3.63) is 48.0 Å². The molecule has 2 atom stereocenters. The molecule has 0 N–H and O–H groups in total. The van der Waals surface area contributed by atoms with Gasteiger partial charge in [0.05, 0.1) is 12.2 Å². The summed E-state index contributed by atoms with van der Waals surface area (Å²) in [7, 11) is 0. The van der Waals surface area contributed by atoms with Crippen LogP contribution in [0.25, 0.3) is 21.5 Å². The van der Waals surface area contributed by atoms with Crippen molar-refractivity contribution in [2.75, 3.05) is 0 Å². The molecule has 2 unspecified atom stereocenters. The lowest BCUT2D eigenvalue weighted by Gasteiger charge is -2.24. The minimum absolute atomic E-state index is 0.235. The molecular weight excluding hydrogens is 492 g/mol. The van der Waals surface area contributed by atoms with Crippen molar-refractivity contribution < 1.29 is 28.5 Å². The molecule has 0 spiro atoms. The maximum atomic E-state index is 12.9. The third-order valence-electron chi connectivity index (χ3n) is 6.55. The first-order chi connectivity index (χ1) is 18.7. The average molecular weight is 537 g/mol. The van der Waals surface area contributed by atoms with Gasteiger partial charge in [0.2, 0.25) is 0 Å². The number of hydrogen-bond donors (Lipinski definition) is 0. The van der Waals surface area contributed by atoms with E-state index in [2.05, 4.69) is 19.1 Å².